The molecule has 3 rings (SSSR count). The zero-order valence-corrected chi connectivity index (χ0v) is 18.2. The average Bonchev–Trinajstić information content (AvgIpc) is 2.74. The van der Waals surface area contributed by atoms with Gasteiger partial charge >= 0.3 is 0 Å². The number of ether oxygens (including phenoxy) is 2. The normalized spacial score (nSPS) is 12.7. The van der Waals surface area contributed by atoms with E-state index in [0.29, 0.717) is 48.7 Å². The summed E-state index contributed by atoms with van der Waals surface area (Å²) in [5.74, 6) is 0.783. The van der Waals surface area contributed by atoms with Crippen LogP contribution in [0.15, 0.2) is 36.4 Å². The maximum atomic E-state index is 12.7. The van der Waals surface area contributed by atoms with Crippen molar-refractivity contribution in [3.63, 3.8) is 0 Å². The summed E-state index contributed by atoms with van der Waals surface area (Å²) in [6, 6.07) is 10.8. The first-order valence-electron chi connectivity index (χ1n) is 10.5. The molecule has 7 nitrogen and oxygen atoms in total. The number of fused-ring (bicyclic) bond motifs is 1. The van der Waals surface area contributed by atoms with Crippen LogP contribution in [0.3, 0.4) is 0 Å². The van der Waals surface area contributed by atoms with E-state index in [9.17, 15) is 14.4 Å². The Balaban J connectivity index is 1.69. The van der Waals surface area contributed by atoms with Gasteiger partial charge in [0.05, 0.1) is 5.69 Å². The second kappa shape index (κ2) is 10.1. The standard InChI is InChI=1S/C24H28N2O5/c1-4-25-23(28)6-5-11-26-19-13-18(8-10-22(19)31-15-24(26)29)20(27)14-30-21-9-7-16(2)12-17(21)3/h7-10,12-13H,4-6,11,14-15H2,1-3H3,(H,25,28). The molecule has 0 fully saturated rings. The smallest absolute Gasteiger partial charge is 0.265 e. The monoisotopic (exact) mass is 424 g/mol. The maximum Gasteiger partial charge on any atom is 0.265 e. The summed E-state index contributed by atoms with van der Waals surface area (Å²) < 4.78 is 11.2. The minimum atomic E-state index is -0.195. The first-order valence-corrected chi connectivity index (χ1v) is 10.5. The van der Waals surface area contributed by atoms with Crippen molar-refractivity contribution in [3.05, 3.63) is 53.1 Å². The highest BCUT2D eigenvalue weighted by molar-refractivity contribution is 6.02. The molecule has 0 atom stereocenters. The number of ketones is 1. The van der Waals surface area contributed by atoms with Crippen molar-refractivity contribution in [2.24, 2.45) is 0 Å². The maximum absolute atomic E-state index is 12.7. The van der Waals surface area contributed by atoms with Crippen molar-refractivity contribution in [2.75, 3.05) is 31.2 Å². The Kier molecular flexibility index (Phi) is 7.28. The number of anilines is 1. The first-order chi connectivity index (χ1) is 14.9. The van der Waals surface area contributed by atoms with Gasteiger partial charge in [0.2, 0.25) is 5.91 Å². The molecule has 0 unspecified atom stereocenters. The number of hydrogen-bond acceptors (Lipinski definition) is 5. The van der Waals surface area contributed by atoms with Crippen molar-refractivity contribution in [2.45, 2.75) is 33.6 Å². The molecule has 31 heavy (non-hydrogen) atoms. The molecule has 2 amide bonds. The second-order valence-corrected chi connectivity index (χ2v) is 7.55. The molecule has 1 aliphatic heterocycles. The fraction of sp³-hybridized carbons (Fsp3) is 0.375. The van der Waals surface area contributed by atoms with Crippen LogP contribution < -0.4 is 19.7 Å². The number of carbonyl (C=O) groups excluding carboxylic acids is 3. The highest BCUT2D eigenvalue weighted by Gasteiger charge is 2.26. The molecule has 1 N–H and O–H groups in total. The third kappa shape index (κ3) is 5.63. The summed E-state index contributed by atoms with van der Waals surface area (Å²) in [4.78, 5) is 38.4. The number of amides is 2. The van der Waals surface area contributed by atoms with Crippen molar-refractivity contribution in [1.29, 1.82) is 0 Å². The summed E-state index contributed by atoms with van der Waals surface area (Å²) in [5.41, 5.74) is 3.08. The van der Waals surface area contributed by atoms with Crippen molar-refractivity contribution in [1.82, 2.24) is 5.32 Å². The lowest BCUT2D eigenvalue weighted by Crippen LogP contribution is -2.40. The Morgan fingerprint density at radius 3 is 2.71 bits per heavy atom. The van der Waals surface area contributed by atoms with E-state index in [1.807, 2.05) is 39.0 Å². The van der Waals surface area contributed by atoms with Crippen LogP contribution in [0.25, 0.3) is 0 Å². The van der Waals surface area contributed by atoms with E-state index in [1.54, 1.807) is 23.1 Å². The number of carbonyl (C=O) groups is 3. The lowest BCUT2D eigenvalue weighted by molar-refractivity contribution is -0.122. The van der Waals surface area contributed by atoms with Gasteiger partial charge in [0, 0.05) is 25.1 Å². The highest BCUT2D eigenvalue weighted by atomic mass is 16.5. The number of aryl methyl sites for hydroxylation is 2. The number of rotatable bonds is 9. The number of Topliss-reactive ketones (excluding diaryl/α,β-unsaturated/α-hetero) is 1. The Morgan fingerprint density at radius 1 is 1.16 bits per heavy atom. The van der Waals surface area contributed by atoms with Gasteiger partial charge in [-0.05, 0) is 57.0 Å². The lowest BCUT2D eigenvalue weighted by Gasteiger charge is -2.29. The number of nitrogens with one attached hydrogen (secondary N) is 1. The van der Waals surface area contributed by atoms with E-state index in [-0.39, 0.29) is 30.8 Å². The summed E-state index contributed by atoms with van der Waals surface area (Å²) in [7, 11) is 0. The zero-order chi connectivity index (χ0) is 22.4. The van der Waals surface area contributed by atoms with E-state index in [0.717, 1.165) is 11.1 Å². The Labute approximate surface area is 182 Å². The number of benzene rings is 2. The van der Waals surface area contributed by atoms with Crippen LogP contribution in [0.2, 0.25) is 0 Å². The minimum absolute atomic E-state index is 0.0455. The highest BCUT2D eigenvalue weighted by Crippen LogP contribution is 2.33. The van der Waals surface area contributed by atoms with Gasteiger partial charge in [0.15, 0.2) is 19.0 Å². The summed E-state index contributed by atoms with van der Waals surface area (Å²) in [5, 5.41) is 2.75. The average molecular weight is 424 g/mol. The minimum Gasteiger partial charge on any atom is -0.485 e. The lowest BCUT2D eigenvalue weighted by atomic mass is 10.1. The van der Waals surface area contributed by atoms with Crippen LogP contribution in [-0.2, 0) is 9.59 Å². The van der Waals surface area contributed by atoms with Gasteiger partial charge in [0.25, 0.3) is 5.91 Å². The summed E-state index contributed by atoms with van der Waals surface area (Å²) in [6.45, 7) is 6.60. The predicted octanol–water partition coefficient (Wildman–Crippen LogP) is 3.21. The second-order valence-electron chi connectivity index (χ2n) is 7.55. The van der Waals surface area contributed by atoms with E-state index < -0.39 is 0 Å². The SMILES string of the molecule is CCNC(=O)CCCN1C(=O)COc2ccc(C(=O)COc3ccc(C)cc3C)cc21. The topological polar surface area (TPSA) is 84.9 Å². The number of nitrogens with zero attached hydrogens (tertiary/aromatic N) is 1. The molecule has 0 aromatic heterocycles. The van der Waals surface area contributed by atoms with Gasteiger partial charge in [-0.15, -0.1) is 0 Å². The Hall–Kier alpha value is -3.35. The third-order valence-electron chi connectivity index (χ3n) is 5.07. The molecule has 7 heteroatoms. The van der Waals surface area contributed by atoms with Gasteiger partial charge in [-0.25, -0.2) is 0 Å². The Morgan fingerprint density at radius 2 is 1.97 bits per heavy atom. The molecule has 0 saturated carbocycles. The molecular weight excluding hydrogens is 396 g/mol. The molecule has 164 valence electrons. The quantitative estimate of drug-likeness (QED) is 0.625. The molecule has 1 heterocycles. The molecule has 0 bridgehead atoms. The molecular formula is C24H28N2O5. The van der Waals surface area contributed by atoms with Crippen molar-refractivity contribution >= 4 is 23.3 Å². The van der Waals surface area contributed by atoms with Gasteiger partial charge in [-0.3, -0.25) is 14.4 Å². The fourth-order valence-electron chi connectivity index (χ4n) is 3.49. The van der Waals surface area contributed by atoms with Gasteiger partial charge in [-0.2, -0.15) is 0 Å². The zero-order valence-electron chi connectivity index (χ0n) is 18.2. The van der Waals surface area contributed by atoms with E-state index in [1.165, 1.54) is 0 Å². The Bertz CT molecular complexity index is 986. The van der Waals surface area contributed by atoms with Crippen LogP contribution >= 0.6 is 0 Å². The van der Waals surface area contributed by atoms with Crippen LogP contribution in [0.5, 0.6) is 11.5 Å². The molecule has 0 radical (unpaired) electrons. The van der Waals surface area contributed by atoms with Crippen molar-refractivity contribution < 1.29 is 23.9 Å². The van der Waals surface area contributed by atoms with Crippen LogP contribution in [-0.4, -0.2) is 43.9 Å². The van der Waals surface area contributed by atoms with Crippen LogP contribution in [0, 0.1) is 13.8 Å². The third-order valence-corrected chi connectivity index (χ3v) is 5.07. The molecule has 2 aromatic carbocycles. The van der Waals surface area contributed by atoms with E-state index in [2.05, 4.69) is 5.32 Å². The van der Waals surface area contributed by atoms with Gasteiger partial charge in [-0.1, -0.05) is 17.7 Å². The molecule has 0 saturated heterocycles. The van der Waals surface area contributed by atoms with Crippen LogP contribution in [0.1, 0.15) is 41.3 Å². The molecule has 2 aromatic rings. The fourth-order valence-corrected chi connectivity index (χ4v) is 3.49. The molecule has 1 aliphatic rings. The largest absolute Gasteiger partial charge is 0.485 e. The number of hydrogen-bond donors (Lipinski definition) is 1. The van der Waals surface area contributed by atoms with E-state index in [4.69, 9.17) is 9.47 Å². The van der Waals surface area contributed by atoms with Crippen molar-refractivity contribution in [3.8, 4) is 11.5 Å². The summed E-state index contributed by atoms with van der Waals surface area (Å²) in [6.07, 6.45) is 0.848. The predicted molar refractivity (Wildman–Crippen MR) is 118 cm³/mol. The van der Waals surface area contributed by atoms with Gasteiger partial charge in [0.1, 0.15) is 11.5 Å². The molecule has 0 spiro atoms. The molecule has 0 aliphatic carbocycles. The van der Waals surface area contributed by atoms with Crippen LogP contribution in [0.4, 0.5) is 5.69 Å². The first kappa shape index (κ1) is 22.3. The summed E-state index contributed by atoms with van der Waals surface area (Å²) >= 11 is 0. The van der Waals surface area contributed by atoms with Gasteiger partial charge < -0.3 is 19.7 Å². The van der Waals surface area contributed by atoms with E-state index >= 15 is 0 Å².